The number of allylic oxidation sites excluding steroid dienone is 2. The Morgan fingerprint density at radius 2 is 2.29 bits per heavy atom. The van der Waals surface area contributed by atoms with Crippen LogP contribution in [0.3, 0.4) is 0 Å². The van der Waals surface area contributed by atoms with Crippen LogP contribution in [0.1, 0.15) is 17.9 Å². The molecule has 0 amide bonds. The van der Waals surface area contributed by atoms with Gasteiger partial charge in [-0.05, 0) is 11.8 Å². The van der Waals surface area contributed by atoms with Crippen molar-refractivity contribution in [1.82, 2.24) is 5.32 Å². The maximum atomic E-state index is 10.7. The van der Waals surface area contributed by atoms with Crippen LogP contribution in [-0.2, 0) is 4.79 Å². The lowest BCUT2D eigenvalue weighted by molar-refractivity contribution is -0.384. The predicted octanol–water partition coefficient (Wildman–Crippen LogP) is 1.90. The third-order valence-corrected chi connectivity index (χ3v) is 2.64. The predicted molar refractivity (Wildman–Crippen MR) is 61.9 cm³/mol. The lowest BCUT2D eigenvalue weighted by Crippen LogP contribution is -2.15. The number of hydrogen-bond donors (Lipinski definition) is 1. The van der Waals surface area contributed by atoms with E-state index in [0.717, 1.165) is 5.56 Å². The smallest absolute Gasteiger partial charge is 0.269 e. The van der Waals surface area contributed by atoms with Crippen molar-refractivity contribution in [3.05, 3.63) is 57.9 Å². The summed E-state index contributed by atoms with van der Waals surface area (Å²) in [4.78, 5) is 20.8. The van der Waals surface area contributed by atoms with Gasteiger partial charge in [-0.1, -0.05) is 18.2 Å². The maximum Gasteiger partial charge on any atom is 0.269 e. The fourth-order valence-electron chi connectivity index (χ4n) is 1.78. The van der Waals surface area contributed by atoms with E-state index >= 15 is 0 Å². The maximum absolute atomic E-state index is 10.7. The Kier molecular flexibility index (Phi) is 3.03. The van der Waals surface area contributed by atoms with Gasteiger partial charge in [0.05, 0.1) is 4.92 Å². The molecule has 0 bridgehead atoms. The fourth-order valence-corrected chi connectivity index (χ4v) is 1.78. The van der Waals surface area contributed by atoms with E-state index in [1.165, 1.54) is 12.1 Å². The lowest BCUT2D eigenvalue weighted by atomic mass is 9.92. The first-order chi connectivity index (χ1) is 8.20. The molecule has 0 radical (unpaired) electrons. The summed E-state index contributed by atoms with van der Waals surface area (Å²) < 4.78 is 0. The van der Waals surface area contributed by atoms with E-state index in [0.29, 0.717) is 12.1 Å². The van der Waals surface area contributed by atoms with Crippen molar-refractivity contribution in [3.8, 4) is 0 Å². The fraction of sp³-hybridized carbons (Fsp3) is 0.167. The van der Waals surface area contributed by atoms with Crippen molar-refractivity contribution in [2.75, 3.05) is 0 Å². The number of nitro benzene ring substituents is 1. The zero-order valence-electron chi connectivity index (χ0n) is 8.92. The second kappa shape index (κ2) is 4.63. The first-order valence-corrected chi connectivity index (χ1v) is 5.12. The first-order valence-electron chi connectivity index (χ1n) is 5.12. The van der Waals surface area contributed by atoms with Crippen LogP contribution in [0, 0.1) is 10.1 Å². The number of non-ortho nitro benzene ring substituents is 1. The molecule has 1 aliphatic rings. The van der Waals surface area contributed by atoms with Crippen LogP contribution in [0.5, 0.6) is 0 Å². The van der Waals surface area contributed by atoms with Crippen molar-refractivity contribution in [1.29, 1.82) is 0 Å². The molecular weight excluding hydrogens is 220 g/mol. The minimum atomic E-state index is -0.426. The molecule has 17 heavy (non-hydrogen) atoms. The topological polar surface area (TPSA) is 72.2 Å². The van der Waals surface area contributed by atoms with Gasteiger partial charge in [0, 0.05) is 24.5 Å². The van der Waals surface area contributed by atoms with Gasteiger partial charge in [-0.25, -0.2) is 4.79 Å². The van der Waals surface area contributed by atoms with Crippen LogP contribution in [-0.4, -0.2) is 10.9 Å². The van der Waals surface area contributed by atoms with E-state index in [-0.39, 0.29) is 11.6 Å². The Bertz CT molecular complexity index is 530. The highest BCUT2D eigenvalue weighted by Crippen LogP contribution is 2.28. The minimum Gasteiger partial charge on any atom is -0.356 e. The molecule has 5 nitrogen and oxygen atoms in total. The molecule has 5 heteroatoms. The molecule has 1 unspecified atom stereocenters. The van der Waals surface area contributed by atoms with Gasteiger partial charge in [0.15, 0.2) is 0 Å². The van der Waals surface area contributed by atoms with Crippen molar-refractivity contribution in [2.24, 2.45) is 0 Å². The zero-order chi connectivity index (χ0) is 12.3. The van der Waals surface area contributed by atoms with Crippen LogP contribution >= 0.6 is 0 Å². The molecular formula is C12H10N2O3. The normalized spacial score (nSPS) is 18.4. The second-order valence-corrected chi connectivity index (χ2v) is 3.75. The van der Waals surface area contributed by atoms with Crippen LogP contribution in [0.2, 0.25) is 0 Å². The minimum absolute atomic E-state index is 0.0207. The molecule has 1 aromatic carbocycles. The van der Waals surface area contributed by atoms with Crippen LogP contribution in [0.15, 0.2) is 42.2 Å². The number of rotatable bonds is 2. The molecule has 1 N–H and O–H groups in total. The highest BCUT2D eigenvalue weighted by Gasteiger charge is 2.17. The van der Waals surface area contributed by atoms with Gasteiger partial charge in [0.25, 0.3) is 5.69 Å². The molecule has 1 aromatic rings. The van der Waals surface area contributed by atoms with Gasteiger partial charge >= 0.3 is 0 Å². The number of nitrogens with zero attached hydrogens (tertiary/aromatic N) is 1. The molecule has 0 fully saturated rings. The zero-order valence-corrected chi connectivity index (χ0v) is 8.92. The molecule has 2 rings (SSSR count). The van der Waals surface area contributed by atoms with Gasteiger partial charge in [-0.2, -0.15) is 0 Å². The van der Waals surface area contributed by atoms with Crippen molar-refractivity contribution >= 4 is 11.6 Å². The highest BCUT2D eigenvalue weighted by atomic mass is 16.6. The SMILES string of the molecule is O=C=C1CC(c2cccc([N+](=O)[O-])c2)C=CN1. The van der Waals surface area contributed by atoms with E-state index in [2.05, 4.69) is 5.32 Å². The van der Waals surface area contributed by atoms with Gasteiger partial charge < -0.3 is 5.32 Å². The Labute approximate surface area is 97.6 Å². The second-order valence-electron chi connectivity index (χ2n) is 3.75. The number of carbonyl (C=O) groups excluding carboxylic acids is 1. The van der Waals surface area contributed by atoms with Crippen LogP contribution < -0.4 is 5.32 Å². The summed E-state index contributed by atoms with van der Waals surface area (Å²) in [5, 5.41) is 13.4. The van der Waals surface area contributed by atoms with Crippen molar-refractivity contribution in [2.45, 2.75) is 12.3 Å². The van der Waals surface area contributed by atoms with Crippen LogP contribution in [0.4, 0.5) is 5.69 Å². The van der Waals surface area contributed by atoms with Gasteiger partial charge in [-0.15, -0.1) is 0 Å². The molecule has 86 valence electrons. The summed E-state index contributed by atoms with van der Waals surface area (Å²) >= 11 is 0. The van der Waals surface area contributed by atoms with Crippen molar-refractivity contribution < 1.29 is 9.72 Å². The standard InChI is InChI=1S/C12H10N2O3/c15-8-11-6-10(4-5-13-11)9-2-1-3-12(7-9)14(16)17/h1-5,7,10,13H,6H2. The van der Waals surface area contributed by atoms with Gasteiger partial charge in [-0.3, -0.25) is 10.1 Å². The molecule has 0 spiro atoms. The summed E-state index contributed by atoms with van der Waals surface area (Å²) in [5.41, 5.74) is 1.35. The lowest BCUT2D eigenvalue weighted by Gasteiger charge is -2.18. The summed E-state index contributed by atoms with van der Waals surface area (Å²) in [6.45, 7) is 0. The average molecular weight is 230 g/mol. The molecule has 1 heterocycles. The molecule has 0 aromatic heterocycles. The summed E-state index contributed by atoms with van der Waals surface area (Å²) in [7, 11) is 0. The summed E-state index contributed by atoms with van der Waals surface area (Å²) in [6.07, 6.45) is 4.02. The number of nitro groups is 1. The largest absolute Gasteiger partial charge is 0.356 e. The number of hydrogen-bond acceptors (Lipinski definition) is 4. The Morgan fingerprint density at radius 1 is 1.47 bits per heavy atom. The summed E-state index contributed by atoms with van der Waals surface area (Å²) in [6, 6.07) is 6.44. The third-order valence-electron chi connectivity index (χ3n) is 2.64. The molecule has 0 aliphatic carbocycles. The van der Waals surface area contributed by atoms with Gasteiger partial charge in [0.2, 0.25) is 0 Å². The molecule has 0 saturated carbocycles. The van der Waals surface area contributed by atoms with Gasteiger partial charge in [0.1, 0.15) is 11.6 Å². The quantitative estimate of drug-likeness (QED) is 0.478. The van der Waals surface area contributed by atoms with E-state index < -0.39 is 4.92 Å². The monoisotopic (exact) mass is 230 g/mol. The molecule has 1 atom stereocenters. The Morgan fingerprint density at radius 3 is 3.00 bits per heavy atom. The average Bonchev–Trinajstić information content (AvgIpc) is 2.39. The highest BCUT2D eigenvalue weighted by molar-refractivity contribution is 5.54. The Hall–Kier alpha value is -2.39. The summed E-state index contributed by atoms with van der Waals surface area (Å²) in [5.74, 6) is 1.79. The number of nitrogens with one attached hydrogen (secondary N) is 1. The molecule has 0 saturated heterocycles. The van der Waals surface area contributed by atoms with E-state index in [1.807, 2.05) is 18.1 Å². The molecule has 1 aliphatic heterocycles. The van der Waals surface area contributed by atoms with E-state index in [4.69, 9.17) is 0 Å². The number of benzene rings is 1. The van der Waals surface area contributed by atoms with Crippen LogP contribution in [0.25, 0.3) is 0 Å². The third kappa shape index (κ3) is 2.41. The first kappa shape index (κ1) is 11.1. The van der Waals surface area contributed by atoms with Crippen molar-refractivity contribution in [3.63, 3.8) is 0 Å². The van der Waals surface area contributed by atoms with E-state index in [1.54, 1.807) is 12.3 Å². The van der Waals surface area contributed by atoms with E-state index in [9.17, 15) is 14.9 Å². The Balaban J connectivity index is 2.31.